The second-order valence-electron chi connectivity index (χ2n) is 2.51. The molecule has 66 valence electrons. The number of H-pyrrole nitrogens is 1. The van der Waals surface area contributed by atoms with Crippen molar-refractivity contribution in [3.8, 4) is 0 Å². The van der Waals surface area contributed by atoms with Gasteiger partial charge in [0.25, 0.3) is 5.56 Å². The van der Waals surface area contributed by atoms with Crippen LogP contribution in [0.4, 0.5) is 0 Å². The predicted octanol–water partition coefficient (Wildman–Crippen LogP) is 2.13. The third-order valence-electron chi connectivity index (χ3n) is 1.66. The summed E-state index contributed by atoms with van der Waals surface area (Å²) in [6.45, 7) is 0. The van der Waals surface area contributed by atoms with E-state index in [0.717, 1.165) is 12.7 Å². The van der Waals surface area contributed by atoms with Gasteiger partial charge in [0.2, 0.25) is 0 Å². The summed E-state index contributed by atoms with van der Waals surface area (Å²) >= 11 is 4.35. The second-order valence-corrected chi connectivity index (χ2v) is 4.92. The van der Waals surface area contributed by atoms with Crippen LogP contribution in [0.1, 0.15) is 0 Å². The quantitative estimate of drug-likeness (QED) is 0.692. The van der Waals surface area contributed by atoms with Crippen molar-refractivity contribution in [3.05, 3.63) is 36.0 Å². The lowest BCUT2D eigenvalue weighted by atomic mass is 10.2. The molecule has 0 unspecified atom stereocenters. The Morgan fingerprint density at radius 1 is 1.31 bits per heavy atom. The monoisotopic (exact) mass is 398 g/mol. The first-order valence-electron chi connectivity index (χ1n) is 3.51. The molecule has 0 saturated carbocycles. The molecule has 0 saturated heterocycles. The number of hydrogen-bond donors (Lipinski definition) is 1. The molecular weight excluding hydrogens is 394 g/mol. The van der Waals surface area contributed by atoms with Crippen LogP contribution in [0.2, 0.25) is 0 Å². The summed E-state index contributed by atoms with van der Waals surface area (Å²) in [6, 6.07) is 3.85. The van der Waals surface area contributed by atoms with Crippen molar-refractivity contribution in [3.63, 3.8) is 0 Å². The van der Waals surface area contributed by atoms with Crippen LogP contribution in [0.25, 0.3) is 10.9 Å². The Labute approximate surface area is 101 Å². The maximum absolute atomic E-state index is 11.4. The normalized spacial score (nSPS) is 10.6. The predicted molar refractivity (Wildman–Crippen MR) is 67.8 cm³/mol. The Kier molecular flexibility index (Phi) is 2.54. The Balaban J connectivity index is 3.03. The van der Waals surface area contributed by atoms with Gasteiger partial charge in [0.15, 0.2) is 0 Å². The molecule has 0 aliphatic rings. The van der Waals surface area contributed by atoms with E-state index in [1.54, 1.807) is 0 Å². The fraction of sp³-hybridized carbons (Fsp3) is 0. The van der Waals surface area contributed by atoms with Crippen LogP contribution in [0.3, 0.4) is 0 Å². The molecule has 0 atom stereocenters. The molecule has 0 fully saturated rings. The van der Waals surface area contributed by atoms with Gasteiger partial charge in [-0.3, -0.25) is 4.79 Å². The van der Waals surface area contributed by atoms with Crippen molar-refractivity contribution in [2.45, 2.75) is 0 Å². The Hall–Kier alpha value is -0.180. The van der Waals surface area contributed by atoms with E-state index in [1.807, 2.05) is 12.1 Å². The lowest BCUT2D eigenvalue weighted by Crippen LogP contribution is -2.07. The molecule has 1 N–H and O–H groups in total. The highest BCUT2D eigenvalue weighted by Gasteiger charge is 2.04. The molecule has 1 aromatic heterocycles. The van der Waals surface area contributed by atoms with E-state index >= 15 is 0 Å². The third kappa shape index (κ3) is 1.71. The number of nitrogens with one attached hydrogen (secondary N) is 1. The Bertz CT molecular complexity index is 521. The number of rotatable bonds is 0. The van der Waals surface area contributed by atoms with Gasteiger partial charge in [0.1, 0.15) is 0 Å². The van der Waals surface area contributed by atoms with Gasteiger partial charge < -0.3 is 4.98 Å². The first-order valence-corrected chi connectivity index (χ1v) is 5.66. The summed E-state index contributed by atoms with van der Waals surface area (Å²) in [4.78, 5) is 18.1. The summed E-state index contributed by atoms with van der Waals surface area (Å²) in [5, 5.41) is 0.670. The van der Waals surface area contributed by atoms with Crippen molar-refractivity contribution in [2.24, 2.45) is 0 Å². The summed E-state index contributed by atoms with van der Waals surface area (Å²) < 4.78 is 2.03. The number of hydrogen-bond acceptors (Lipinski definition) is 2. The SMILES string of the molecule is O=c1[nH]cnc2cc(I)cc(I)c12. The zero-order valence-electron chi connectivity index (χ0n) is 6.34. The maximum atomic E-state index is 11.4. The minimum absolute atomic E-state index is 0.0780. The number of fused-ring (bicyclic) bond motifs is 1. The topological polar surface area (TPSA) is 45.8 Å². The summed E-state index contributed by atoms with van der Waals surface area (Å²) in [5.41, 5.74) is 0.672. The average molecular weight is 398 g/mol. The van der Waals surface area contributed by atoms with Gasteiger partial charge in [-0.1, -0.05) is 0 Å². The standard InChI is InChI=1S/C8H4I2N2O/c9-4-1-5(10)7-6(2-4)11-3-12-8(7)13/h1-3H,(H,11,12,13). The van der Waals surface area contributed by atoms with E-state index in [-0.39, 0.29) is 5.56 Å². The zero-order chi connectivity index (χ0) is 9.42. The smallest absolute Gasteiger partial charge is 0.259 e. The highest BCUT2D eigenvalue weighted by atomic mass is 127. The highest BCUT2D eigenvalue weighted by Crippen LogP contribution is 2.18. The van der Waals surface area contributed by atoms with Gasteiger partial charge in [-0.05, 0) is 57.3 Å². The second kappa shape index (κ2) is 3.52. The van der Waals surface area contributed by atoms with Gasteiger partial charge in [0.05, 0.1) is 17.2 Å². The van der Waals surface area contributed by atoms with Gasteiger partial charge in [-0.2, -0.15) is 0 Å². The Morgan fingerprint density at radius 3 is 2.85 bits per heavy atom. The molecule has 0 aliphatic heterocycles. The molecule has 0 aliphatic carbocycles. The molecule has 5 heteroatoms. The number of nitrogens with zero attached hydrogens (tertiary/aromatic N) is 1. The number of benzene rings is 1. The number of aromatic nitrogens is 2. The first kappa shape index (κ1) is 9.38. The third-order valence-corrected chi connectivity index (χ3v) is 3.13. The maximum Gasteiger partial charge on any atom is 0.259 e. The van der Waals surface area contributed by atoms with Crippen molar-refractivity contribution in [1.82, 2.24) is 9.97 Å². The molecule has 1 heterocycles. The van der Waals surface area contributed by atoms with Gasteiger partial charge >= 0.3 is 0 Å². The van der Waals surface area contributed by atoms with E-state index in [0.29, 0.717) is 5.39 Å². The van der Waals surface area contributed by atoms with Crippen LogP contribution < -0.4 is 5.56 Å². The largest absolute Gasteiger partial charge is 0.313 e. The lowest BCUT2D eigenvalue weighted by molar-refractivity contribution is 1.17. The first-order chi connectivity index (χ1) is 6.18. The molecule has 0 radical (unpaired) electrons. The van der Waals surface area contributed by atoms with E-state index in [4.69, 9.17) is 0 Å². The van der Waals surface area contributed by atoms with Gasteiger partial charge in [0, 0.05) is 7.14 Å². The Morgan fingerprint density at radius 2 is 2.08 bits per heavy atom. The molecule has 13 heavy (non-hydrogen) atoms. The molecule has 1 aromatic carbocycles. The summed E-state index contributed by atoms with van der Waals surface area (Å²) in [5.74, 6) is 0. The summed E-state index contributed by atoms with van der Waals surface area (Å²) in [6.07, 6.45) is 1.43. The van der Waals surface area contributed by atoms with Crippen molar-refractivity contribution in [1.29, 1.82) is 0 Å². The number of halogens is 2. The van der Waals surface area contributed by atoms with E-state index < -0.39 is 0 Å². The molecule has 2 aromatic rings. The fourth-order valence-electron chi connectivity index (χ4n) is 1.12. The van der Waals surface area contributed by atoms with Crippen LogP contribution in [0, 0.1) is 7.14 Å². The van der Waals surface area contributed by atoms with Crippen LogP contribution in [-0.4, -0.2) is 9.97 Å². The molecule has 0 bridgehead atoms. The van der Waals surface area contributed by atoms with E-state index in [2.05, 4.69) is 55.1 Å². The summed E-state index contributed by atoms with van der Waals surface area (Å²) in [7, 11) is 0. The van der Waals surface area contributed by atoms with Crippen LogP contribution in [-0.2, 0) is 0 Å². The fourth-order valence-corrected chi connectivity index (χ4v) is 3.18. The van der Waals surface area contributed by atoms with Crippen molar-refractivity contribution in [2.75, 3.05) is 0 Å². The van der Waals surface area contributed by atoms with Gasteiger partial charge in [-0.15, -0.1) is 0 Å². The molecule has 0 spiro atoms. The van der Waals surface area contributed by atoms with E-state index in [1.165, 1.54) is 6.33 Å². The number of aromatic amines is 1. The molecule has 2 rings (SSSR count). The molecule has 0 amide bonds. The highest BCUT2D eigenvalue weighted by molar-refractivity contribution is 14.1. The minimum Gasteiger partial charge on any atom is -0.313 e. The van der Waals surface area contributed by atoms with Crippen molar-refractivity contribution < 1.29 is 0 Å². The minimum atomic E-state index is -0.0780. The lowest BCUT2D eigenvalue weighted by Gasteiger charge is -1.98. The van der Waals surface area contributed by atoms with E-state index in [9.17, 15) is 4.79 Å². The van der Waals surface area contributed by atoms with Crippen LogP contribution >= 0.6 is 45.2 Å². The van der Waals surface area contributed by atoms with Crippen molar-refractivity contribution >= 4 is 56.1 Å². The van der Waals surface area contributed by atoms with Gasteiger partial charge in [-0.25, -0.2) is 4.98 Å². The van der Waals surface area contributed by atoms with Crippen LogP contribution in [0.5, 0.6) is 0 Å². The zero-order valence-corrected chi connectivity index (χ0v) is 10.7. The van der Waals surface area contributed by atoms with Crippen LogP contribution in [0.15, 0.2) is 23.3 Å². The molecule has 3 nitrogen and oxygen atoms in total. The molecular formula is C8H4I2N2O. The average Bonchev–Trinajstić information content (AvgIpc) is 2.02.